The van der Waals surface area contributed by atoms with Gasteiger partial charge >= 0.3 is 0 Å². The number of carbonyl (C=O) groups excluding carboxylic acids is 1. The van der Waals surface area contributed by atoms with E-state index < -0.39 is 21.3 Å². The van der Waals surface area contributed by atoms with Gasteiger partial charge in [-0.15, -0.1) is 0 Å². The van der Waals surface area contributed by atoms with Crippen LogP contribution >= 0.6 is 0 Å². The lowest BCUT2D eigenvalue weighted by atomic mass is 9.95. The molecule has 3 N–H and O–H groups in total. The minimum absolute atomic E-state index is 0.139. The summed E-state index contributed by atoms with van der Waals surface area (Å²) >= 11 is 0. The van der Waals surface area contributed by atoms with E-state index in [-0.39, 0.29) is 16.8 Å². The third-order valence-electron chi connectivity index (χ3n) is 5.27. The Hall–Kier alpha value is -3.20. The third kappa shape index (κ3) is 3.93. The van der Waals surface area contributed by atoms with Gasteiger partial charge < -0.3 is 10.5 Å². The molecular weight excluding hydrogens is 416 g/mol. The van der Waals surface area contributed by atoms with Crippen molar-refractivity contribution in [3.8, 4) is 5.88 Å². The normalized spacial score (nSPS) is 15.1. The van der Waals surface area contributed by atoms with Crippen LogP contribution in [-0.4, -0.2) is 30.4 Å². The van der Waals surface area contributed by atoms with E-state index in [1.807, 2.05) is 26.8 Å². The maximum Gasteiger partial charge on any atom is 0.267 e. The highest BCUT2D eigenvalue weighted by Crippen LogP contribution is 2.51. The average Bonchev–Trinajstić information content (AvgIpc) is 3.50. The van der Waals surface area contributed by atoms with Gasteiger partial charge in [0.25, 0.3) is 10.0 Å². The van der Waals surface area contributed by atoms with Crippen molar-refractivity contribution in [1.82, 2.24) is 14.7 Å². The molecule has 31 heavy (non-hydrogen) atoms. The Morgan fingerprint density at radius 3 is 2.61 bits per heavy atom. The summed E-state index contributed by atoms with van der Waals surface area (Å²) in [5.74, 6) is -0.441. The Morgan fingerprint density at radius 1 is 1.23 bits per heavy atom. The highest BCUT2D eigenvalue weighted by molar-refractivity contribution is 7.90. The number of rotatable bonds is 6. The number of nitrogens with zero attached hydrogens (tertiary/aromatic N) is 2. The van der Waals surface area contributed by atoms with Gasteiger partial charge in [-0.1, -0.05) is 18.2 Å². The number of aromatic nitrogens is 2. The van der Waals surface area contributed by atoms with Crippen LogP contribution in [0.1, 0.15) is 37.8 Å². The van der Waals surface area contributed by atoms with E-state index in [0.29, 0.717) is 35.2 Å². The summed E-state index contributed by atoms with van der Waals surface area (Å²) in [6, 6.07) is 10.3. The lowest BCUT2D eigenvalue weighted by Crippen LogP contribution is -2.39. The smallest absolute Gasteiger partial charge is 0.267 e. The Bertz CT molecular complexity index is 1280. The second-order valence-corrected chi connectivity index (χ2v) is 9.76. The molecule has 162 valence electrons. The largest absolute Gasteiger partial charge is 0.475 e. The molecule has 1 amide bonds. The number of aryl methyl sites for hydroxylation is 1. The Kier molecular flexibility index (Phi) is 5.09. The first-order chi connectivity index (χ1) is 14.6. The third-order valence-corrected chi connectivity index (χ3v) is 6.63. The Balaban J connectivity index is 1.69. The number of fused-ring (bicyclic) bond motifs is 1. The van der Waals surface area contributed by atoms with E-state index in [4.69, 9.17) is 10.5 Å². The minimum atomic E-state index is -4.23. The molecule has 0 spiro atoms. The molecule has 0 aliphatic heterocycles. The van der Waals surface area contributed by atoms with E-state index in [2.05, 4.69) is 14.7 Å². The van der Waals surface area contributed by atoms with Gasteiger partial charge in [-0.3, -0.25) is 4.79 Å². The van der Waals surface area contributed by atoms with Crippen molar-refractivity contribution in [2.24, 2.45) is 0 Å². The summed E-state index contributed by atoms with van der Waals surface area (Å²) < 4.78 is 34.1. The highest BCUT2D eigenvalue weighted by atomic mass is 32.2. The van der Waals surface area contributed by atoms with Crippen LogP contribution in [0.5, 0.6) is 5.88 Å². The second-order valence-electron chi connectivity index (χ2n) is 8.11. The summed E-state index contributed by atoms with van der Waals surface area (Å²) in [7, 11) is -4.23. The van der Waals surface area contributed by atoms with Crippen LogP contribution in [0.15, 0.2) is 47.5 Å². The minimum Gasteiger partial charge on any atom is -0.475 e. The topological polar surface area (TPSA) is 124 Å². The van der Waals surface area contributed by atoms with Gasteiger partial charge in [0.1, 0.15) is 10.7 Å². The van der Waals surface area contributed by atoms with Gasteiger partial charge in [-0.25, -0.2) is 23.1 Å². The molecule has 0 saturated heterocycles. The number of para-hydroxylation sites is 1. The van der Waals surface area contributed by atoms with E-state index in [0.717, 1.165) is 5.56 Å². The van der Waals surface area contributed by atoms with E-state index >= 15 is 0 Å². The maximum atomic E-state index is 13.2. The number of amides is 1. The van der Waals surface area contributed by atoms with E-state index in [1.165, 1.54) is 6.07 Å². The zero-order valence-electron chi connectivity index (χ0n) is 17.5. The molecule has 0 atom stereocenters. The fraction of sp³-hybridized carbons (Fsp3) is 0.318. The molecule has 1 saturated carbocycles. The molecule has 1 aliphatic carbocycles. The quantitative estimate of drug-likeness (QED) is 0.604. The molecule has 1 fully saturated rings. The van der Waals surface area contributed by atoms with Gasteiger partial charge in [0.2, 0.25) is 11.8 Å². The number of sulfonamides is 1. The zero-order valence-corrected chi connectivity index (χ0v) is 18.4. The van der Waals surface area contributed by atoms with Crippen LogP contribution in [-0.2, 0) is 20.2 Å². The SMILES string of the molecule is Cc1cnc(OC(C)C)c(C2(C(=O)NS(=O)(=O)c3cc4ccccc4nc3N)CC2)c1. The van der Waals surface area contributed by atoms with Crippen LogP contribution in [0.4, 0.5) is 5.82 Å². The summed E-state index contributed by atoms with van der Waals surface area (Å²) in [6.45, 7) is 5.59. The molecule has 0 bridgehead atoms. The summed E-state index contributed by atoms with van der Waals surface area (Å²) in [5.41, 5.74) is 6.93. The average molecular weight is 441 g/mol. The number of ether oxygens (including phenoxy) is 1. The van der Waals surface area contributed by atoms with Crippen molar-refractivity contribution in [2.75, 3.05) is 5.73 Å². The van der Waals surface area contributed by atoms with E-state index in [1.54, 1.807) is 30.5 Å². The van der Waals surface area contributed by atoms with Crippen molar-refractivity contribution in [1.29, 1.82) is 0 Å². The number of carbonyl (C=O) groups is 1. The Morgan fingerprint density at radius 2 is 1.94 bits per heavy atom. The predicted molar refractivity (Wildman–Crippen MR) is 117 cm³/mol. The maximum absolute atomic E-state index is 13.2. The lowest BCUT2D eigenvalue weighted by molar-refractivity contribution is -0.121. The molecule has 0 unspecified atom stereocenters. The van der Waals surface area contributed by atoms with Crippen LogP contribution in [0.3, 0.4) is 0 Å². The fourth-order valence-electron chi connectivity index (χ4n) is 3.56. The van der Waals surface area contributed by atoms with Crippen molar-refractivity contribution >= 4 is 32.7 Å². The summed E-state index contributed by atoms with van der Waals surface area (Å²) in [6.07, 6.45) is 2.52. The number of nitrogens with two attached hydrogens (primary N) is 1. The molecule has 2 heterocycles. The molecule has 0 radical (unpaired) electrons. The number of anilines is 1. The molecule has 4 rings (SSSR count). The van der Waals surface area contributed by atoms with Gasteiger partial charge in [0, 0.05) is 17.1 Å². The number of benzene rings is 1. The van der Waals surface area contributed by atoms with Crippen LogP contribution in [0.2, 0.25) is 0 Å². The fourth-order valence-corrected chi connectivity index (χ4v) is 4.71. The van der Waals surface area contributed by atoms with Crippen LogP contribution in [0.25, 0.3) is 10.9 Å². The molecule has 3 aromatic rings. The first kappa shape index (κ1) is 21.0. The van der Waals surface area contributed by atoms with Gasteiger partial charge in [0.15, 0.2) is 0 Å². The first-order valence-corrected chi connectivity index (χ1v) is 11.5. The van der Waals surface area contributed by atoms with Gasteiger partial charge in [0.05, 0.1) is 17.0 Å². The molecule has 9 heteroatoms. The van der Waals surface area contributed by atoms with E-state index in [9.17, 15) is 13.2 Å². The molecule has 2 aromatic heterocycles. The van der Waals surface area contributed by atoms with Crippen LogP contribution in [0, 0.1) is 6.92 Å². The highest BCUT2D eigenvalue weighted by Gasteiger charge is 2.54. The van der Waals surface area contributed by atoms with Gasteiger partial charge in [-0.05, 0) is 57.4 Å². The predicted octanol–water partition coefficient (Wildman–Crippen LogP) is 2.84. The summed E-state index contributed by atoms with van der Waals surface area (Å²) in [5, 5.41) is 0.612. The van der Waals surface area contributed by atoms with Crippen molar-refractivity contribution in [3.63, 3.8) is 0 Å². The summed E-state index contributed by atoms with van der Waals surface area (Å²) in [4.78, 5) is 21.5. The molecule has 1 aromatic carbocycles. The number of pyridine rings is 2. The second kappa shape index (κ2) is 7.49. The monoisotopic (exact) mass is 440 g/mol. The first-order valence-electron chi connectivity index (χ1n) is 9.99. The number of hydrogen-bond donors (Lipinski definition) is 2. The number of hydrogen-bond acceptors (Lipinski definition) is 7. The number of nitrogens with one attached hydrogen (secondary N) is 1. The lowest BCUT2D eigenvalue weighted by Gasteiger charge is -2.20. The van der Waals surface area contributed by atoms with Crippen molar-refractivity contribution in [2.45, 2.75) is 50.0 Å². The van der Waals surface area contributed by atoms with Crippen LogP contribution < -0.4 is 15.2 Å². The standard InChI is InChI=1S/C22H24N4O4S/c1-13(2)30-20-16(10-14(3)12-24-20)22(8-9-22)21(27)26-31(28,29)18-11-15-6-4-5-7-17(15)25-19(18)23/h4-7,10-13H,8-9H2,1-3H3,(H2,23,25)(H,26,27). The van der Waals surface area contributed by atoms with Gasteiger partial charge in [-0.2, -0.15) is 0 Å². The molecular formula is C22H24N4O4S. The number of nitrogen functional groups attached to an aromatic ring is 1. The molecule has 1 aliphatic rings. The Labute approximate surface area is 180 Å². The molecule has 8 nitrogen and oxygen atoms in total. The van der Waals surface area contributed by atoms with Crippen molar-refractivity contribution in [3.05, 3.63) is 53.7 Å². The van der Waals surface area contributed by atoms with Crippen molar-refractivity contribution < 1.29 is 17.9 Å². The zero-order chi connectivity index (χ0) is 22.4.